The Morgan fingerprint density at radius 2 is 1.77 bits per heavy atom. The molecule has 1 aliphatic carbocycles. The zero-order valence-corrected chi connectivity index (χ0v) is 23.8. The fraction of sp³-hybridized carbons (Fsp3) is 0.452. The van der Waals surface area contributed by atoms with Gasteiger partial charge in [-0.15, -0.1) is 10.1 Å². The van der Waals surface area contributed by atoms with Crippen LogP contribution in [-0.4, -0.2) is 51.3 Å². The summed E-state index contributed by atoms with van der Waals surface area (Å²) in [6, 6.07) is 11.0. The van der Waals surface area contributed by atoms with Crippen molar-refractivity contribution in [2.75, 3.05) is 6.61 Å². The van der Waals surface area contributed by atoms with Gasteiger partial charge in [-0.1, -0.05) is 54.6 Å². The summed E-state index contributed by atoms with van der Waals surface area (Å²) >= 11 is 0. The number of hydrogen-bond donors (Lipinski definition) is 3. The number of unbranched alkanes of at least 4 members (excludes halogenated alkanes) is 1. The maximum Gasteiger partial charge on any atom is 0.416 e. The molecule has 3 rings (SSSR count). The fourth-order valence-corrected chi connectivity index (χ4v) is 4.79. The Hall–Kier alpha value is -3.94. The first-order valence-corrected chi connectivity index (χ1v) is 14.1. The van der Waals surface area contributed by atoms with Gasteiger partial charge in [-0.05, 0) is 54.5 Å². The molecule has 240 valence electrons. The van der Waals surface area contributed by atoms with Gasteiger partial charge in [0, 0.05) is 18.8 Å². The van der Waals surface area contributed by atoms with Crippen molar-refractivity contribution in [3.05, 3.63) is 99.6 Å². The number of carbonyl (C=O) groups is 1. The van der Waals surface area contributed by atoms with Gasteiger partial charge in [0.25, 0.3) is 5.09 Å². The molecule has 10 nitrogen and oxygen atoms in total. The Kier molecular flexibility index (Phi) is 13.2. The molecule has 44 heavy (non-hydrogen) atoms. The standard InChI is InChI=1S/C31H36F3NO9/c32-31(33,34)23-6-5-7-25(16-23)42-20-24(36)14-15-27-26(28(37)17-29(27)38)8-3-1-2-4-9-30(39)43-18-21-10-12-22(13-11-21)19-44-35(40)41/h1,3,5-7,10-16,24,26-29,36-38H,2,4,8-9,17-20H2/b3-1-,15-14+/t24-,26-,27-,28+,29-/m1/s1. The quantitative estimate of drug-likeness (QED) is 0.0778. The van der Waals surface area contributed by atoms with E-state index in [-0.39, 0.29) is 50.3 Å². The molecular formula is C31H36F3NO9. The monoisotopic (exact) mass is 623 g/mol. The van der Waals surface area contributed by atoms with Crippen molar-refractivity contribution in [2.24, 2.45) is 11.8 Å². The van der Waals surface area contributed by atoms with E-state index in [2.05, 4.69) is 4.84 Å². The number of benzene rings is 2. The van der Waals surface area contributed by atoms with E-state index in [4.69, 9.17) is 9.47 Å². The highest BCUT2D eigenvalue weighted by Crippen LogP contribution is 2.36. The van der Waals surface area contributed by atoms with Gasteiger partial charge in [-0.2, -0.15) is 13.2 Å². The van der Waals surface area contributed by atoms with Gasteiger partial charge in [-0.3, -0.25) is 4.79 Å². The molecule has 0 heterocycles. The van der Waals surface area contributed by atoms with E-state index in [1.54, 1.807) is 30.3 Å². The van der Waals surface area contributed by atoms with Gasteiger partial charge in [0.15, 0.2) is 0 Å². The maximum atomic E-state index is 12.9. The van der Waals surface area contributed by atoms with Crippen LogP contribution < -0.4 is 4.74 Å². The highest BCUT2D eigenvalue weighted by molar-refractivity contribution is 5.69. The Bertz CT molecular complexity index is 1270. The SMILES string of the molecule is O=C(CCC/C=C\C[C@@H]1[C@@H](/C=C/[C@@H](O)COc2cccc(C(F)(F)F)c2)[C@H](O)C[C@@H]1O)OCc1ccc(CO[N+](=O)[O-])cc1. The second kappa shape index (κ2) is 16.8. The average molecular weight is 624 g/mol. The molecule has 1 fully saturated rings. The number of rotatable bonds is 16. The second-order valence-electron chi connectivity index (χ2n) is 10.5. The molecule has 0 bridgehead atoms. The molecule has 2 aromatic rings. The summed E-state index contributed by atoms with van der Waals surface area (Å²) in [4.78, 5) is 26.6. The Morgan fingerprint density at radius 1 is 1.07 bits per heavy atom. The number of ether oxygens (including phenoxy) is 2. The lowest BCUT2D eigenvalue weighted by molar-refractivity contribution is -0.763. The minimum atomic E-state index is -4.51. The minimum Gasteiger partial charge on any atom is -0.491 e. The molecule has 1 aliphatic rings. The van der Waals surface area contributed by atoms with Crippen LogP contribution in [0, 0.1) is 22.0 Å². The van der Waals surface area contributed by atoms with E-state index in [9.17, 15) is 43.4 Å². The van der Waals surface area contributed by atoms with E-state index in [0.717, 1.165) is 17.7 Å². The van der Waals surface area contributed by atoms with Gasteiger partial charge in [0.05, 0.1) is 17.8 Å². The lowest BCUT2D eigenvalue weighted by Gasteiger charge is -2.19. The van der Waals surface area contributed by atoms with E-state index in [0.29, 0.717) is 24.8 Å². The molecule has 0 unspecified atom stereocenters. The summed E-state index contributed by atoms with van der Waals surface area (Å²) in [5, 5.41) is 40.5. The van der Waals surface area contributed by atoms with Crippen LogP contribution in [0.15, 0.2) is 72.8 Å². The van der Waals surface area contributed by atoms with Crippen molar-refractivity contribution in [1.82, 2.24) is 0 Å². The molecular weight excluding hydrogens is 587 g/mol. The normalized spacial score (nSPS) is 21.0. The number of alkyl halides is 3. The van der Waals surface area contributed by atoms with Crippen LogP contribution >= 0.6 is 0 Å². The van der Waals surface area contributed by atoms with Crippen molar-refractivity contribution in [3.8, 4) is 5.75 Å². The van der Waals surface area contributed by atoms with Crippen LogP contribution in [0.25, 0.3) is 0 Å². The minimum absolute atomic E-state index is 0.0329. The summed E-state index contributed by atoms with van der Waals surface area (Å²) in [6.07, 6.45) is 1.50. The lowest BCUT2D eigenvalue weighted by atomic mass is 9.89. The molecule has 0 aliphatic heterocycles. The van der Waals surface area contributed by atoms with Crippen LogP contribution in [-0.2, 0) is 33.8 Å². The first-order chi connectivity index (χ1) is 20.9. The molecule has 0 amide bonds. The van der Waals surface area contributed by atoms with Crippen LogP contribution in [0.4, 0.5) is 13.2 Å². The number of allylic oxidation sites excluding steroid dienone is 2. The third-order valence-electron chi connectivity index (χ3n) is 7.14. The molecule has 0 saturated heterocycles. The molecule has 2 aromatic carbocycles. The van der Waals surface area contributed by atoms with Crippen LogP contribution in [0.2, 0.25) is 0 Å². The van der Waals surface area contributed by atoms with Crippen molar-refractivity contribution >= 4 is 5.97 Å². The Morgan fingerprint density at radius 3 is 2.45 bits per heavy atom. The van der Waals surface area contributed by atoms with Gasteiger partial charge < -0.3 is 29.6 Å². The smallest absolute Gasteiger partial charge is 0.416 e. The van der Waals surface area contributed by atoms with Crippen molar-refractivity contribution < 1.29 is 52.7 Å². The zero-order valence-electron chi connectivity index (χ0n) is 23.8. The first kappa shape index (κ1) is 34.5. The van der Waals surface area contributed by atoms with Crippen molar-refractivity contribution in [1.29, 1.82) is 0 Å². The Labute approximate surface area is 252 Å². The van der Waals surface area contributed by atoms with Gasteiger partial charge in [0.2, 0.25) is 0 Å². The molecule has 5 atom stereocenters. The number of halogens is 3. The first-order valence-electron chi connectivity index (χ1n) is 14.1. The average Bonchev–Trinajstić information content (AvgIpc) is 3.25. The summed E-state index contributed by atoms with van der Waals surface area (Å²) in [7, 11) is 0. The summed E-state index contributed by atoms with van der Waals surface area (Å²) < 4.78 is 49.2. The highest BCUT2D eigenvalue weighted by Gasteiger charge is 2.39. The predicted molar refractivity (Wildman–Crippen MR) is 151 cm³/mol. The largest absolute Gasteiger partial charge is 0.491 e. The molecule has 0 aromatic heterocycles. The van der Waals surface area contributed by atoms with Gasteiger partial charge in [-0.25, -0.2) is 0 Å². The van der Waals surface area contributed by atoms with E-state index < -0.39 is 41.1 Å². The second-order valence-corrected chi connectivity index (χ2v) is 10.5. The molecule has 3 N–H and O–H groups in total. The number of nitrogens with zero attached hydrogens (tertiary/aromatic N) is 1. The number of carbonyl (C=O) groups excluding carboxylic acids is 1. The maximum absolute atomic E-state index is 12.9. The molecule has 1 saturated carbocycles. The summed E-state index contributed by atoms with van der Waals surface area (Å²) in [6.45, 7) is -0.371. The number of hydrogen-bond acceptors (Lipinski definition) is 9. The number of esters is 1. The number of aliphatic hydroxyl groups is 3. The van der Waals surface area contributed by atoms with E-state index >= 15 is 0 Å². The third-order valence-corrected chi connectivity index (χ3v) is 7.14. The molecule has 0 spiro atoms. The summed E-state index contributed by atoms with van der Waals surface area (Å²) in [5.41, 5.74) is 0.494. The van der Waals surface area contributed by atoms with E-state index in [1.165, 1.54) is 18.2 Å². The lowest BCUT2D eigenvalue weighted by Crippen LogP contribution is -2.21. The van der Waals surface area contributed by atoms with Gasteiger partial charge >= 0.3 is 12.1 Å². The predicted octanol–water partition coefficient (Wildman–Crippen LogP) is 4.93. The topological polar surface area (TPSA) is 149 Å². The number of aliphatic hydroxyl groups excluding tert-OH is 3. The summed E-state index contributed by atoms with van der Waals surface area (Å²) in [5.74, 6) is -1.15. The highest BCUT2D eigenvalue weighted by atomic mass is 19.4. The van der Waals surface area contributed by atoms with Crippen LogP contribution in [0.1, 0.15) is 48.8 Å². The molecule has 13 heteroatoms. The van der Waals surface area contributed by atoms with Crippen molar-refractivity contribution in [3.63, 3.8) is 0 Å². The molecule has 0 radical (unpaired) electrons. The van der Waals surface area contributed by atoms with Crippen LogP contribution in [0.5, 0.6) is 5.75 Å². The van der Waals surface area contributed by atoms with E-state index in [1.807, 2.05) is 12.2 Å². The zero-order chi connectivity index (χ0) is 32.1. The van der Waals surface area contributed by atoms with Crippen LogP contribution in [0.3, 0.4) is 0 Å². The fourth-order valence-electron chi connectivity index (χ4n) is 4.79. The van der Waals surface area contributed by atoms with Gasteiger partial charge in [0.1, 0.15) is 31.7 Å². The Balaban J connectivity index is 1.36. The van der Waals surface area contributed by atoms with Crippen molar-refractivity contribution in [2.45, 2.75) is 69.8 Å². The third kappa shape index (κ3) is 11.6.